The summed E-state index contributed by atoms with van der Waals surface area (Å²) in [7, 11) is -3.74. The van der Waals surface area contributed by atoms with Gasteiger partial charge in [-0.1, -0.05) is 37.3 Å². The minimum Gasteiger partial charge on any atom is -0.498 e. The highest BCUT2D eigenvalue weighted by Gasteiger charge is 2.14. The molecule has 0 aliphatic carbocycles. The van der Waals surface area contributed by atoms with Gasteiger partial charge in [-0.15, -0.1) is 0 Å². The van der Waals surface area contributed by atoms with Crippen molar-refractivity contribution in [3.05, 3.63) is 41.0 Å². The maximum Gasteiger partial charge on any atom is 0.273 e. The molecule has 1 rings (SSSR count). The normalized spacial score (nSPS) is 12.7. The van der Waals surface area contributed by atoms with Crippen LogP contribution >= 0.6 is 0 Å². The largest absolute Gasteiger partial charge is 0.498 e. The van der Waals surface area contributed by atoms with Gasteiger partial charge >= 0.3 is 0 Å². The van der Waals surface area contributed by atoms with Crippen LogP contribution in [-0.4, -0.2) is 20.1 Å². The Bertz CT molecular complexity index is 437. The lowest BCUT2D eigenvalue weighted by Gasteiger charge is -2.02. The quantitative estimate of drug-likeness (QED) is 0.766. The average Bonchev–Trinajstić information content (AvgIpc) is 2.19. The molecule has 82 valence electrons. The van der Waals surface area contributed by atoms with Crippen LogP contribution in [0.3, 0.4) is 0 Å². The first-order valence-corrected chi connectivity index (χ1v) is 6.00. The molecule has 0 saturated carbocycles. The minimum absolute atomic E-state index is 0.245. The van der Waals surface area contributed by atoms with Crippen molar-refractivity contribution in [2.75, 3.05) is 6.54 Å². The molecule has 0 fully saturated rings. The van der Waals surface area contributed by atoms with Gasteiger partial charge in [0.2, 0.25) is 5.09 Å². The van der Waals surface area contributed by atoms with Gasteiger partial charge in [-0.3, -0.25) is 0 Å². The van der Waals surface area contributed by atoms with Crippen molar-refractivity contribution in [3.63, 3.8) is 0 Å². The van der Waals surface area contributed by atoms with Gasteiger partial charge in [0.1, 0.15) is 0 Å². The predicted molar refractivity (Wildman–Crippen MR) is 59.6 cm³/mol. The molecule has 0 aliphatic heterocycles. The highest BCUT2D eigenvalue weighted by Crippen LogP contribution is 2.08. The van der Waals surface area contributed by atoms with Crippen molar-refractivity contribution in [1.82, 2.24) is 4.72 Å². The summed E-state index contributed by atoms with van der Waals surface area (Å²) in [5.41, 5.74) is 0.636. The Morgan fingerprint density at radius 3 is 2.53 bits per heavy atom. The molecule has 0 bridgehead atoms. The number of nitrogens with one attached hydrogen (secondary N) is 1. The van der Waals surface area contributed by atoms with Gasteiger partial charge < -0.3 is 5.11 Å². The van der Waals surface area contributed by atoms with Crippen LogP contribution < -0.4 is 4.72 Å². The van der Waals surface area contributed by atoms with Crippen molar-refractivity contribution in [1.29, 1.82) is 0 Å². The van der Waals surface area contributed by atoms with E-state index in [9.17, 15) is 13.5 Å². The van der Waals surface area contributed by atoms with Gasteiger partial charge in [-0.05, 0) is 5.56 Å². The fourth-order valence-corrected chi connectivity index (χ4v) is 1.85. The summed E-state index contributed by atoms with van der Waals surface area (Å²) in [6.07, 6.45) is 1.21. The van der Waals surface area contributed by atoms with E-state index < -0.39 is 15.1 Å². The zero-order chi connectivity index (χ0) is 11.3. The summed E-state index contributed by atoms with van der Waals surface area (Å²) in [5, 5.41) is 8.70. The van der Waals surface area contributed by atoms with Gasteiger partial charge in [-0.25, -0.2) is 13.1 Å². The Labute approximate surface area is 89.3 Å². The highest BCUT2D eigenvalue weighted by atomic mass is 32.2. The van der Waals surface area contributed by atoms with E-state index in [1.165, 1.54) is 6.08 Å². The average molecular weight is 227 g/mol. The molecule has 0 spiro atoms. The van der Waals surface area contributed by atoms with E-state index in [4.69, 9.17) is 0 Å². The Morgan fingerprint density at radius 1 is 1.40 bits per heavy atom. The summed E-state index contributed by atoms with van der Waals surface area (Å²) in [6.45, 7) is 1.89. The number of rotatable bonds is 4. The molecule has 0 aromatic heterocycles. The van der Waals surface area contributed by atoms with Gasteiger partial charge in [0.15, 0.2) is 0 Å². The monoisotopic (exact) mass is 227 g/mol. The van der Waals surface area contributed by atoms with E-state index in [-0.39, 0.29) is 6.54 Å². The summed E-state index contributed by atoms with van der Waals surface area (Å²) >= 11 is 0. The molecule has 5 heteroatoms. The zero-order valence-corrected chi connectivity index (χ0v) is 9.16. The van der Waals surface area contributed by atoms with Gasteiger partial charge in [-0.2, -0.15) is 0 Å². The van der Waals surface area contributed by atoms with Gasteiger partial charge in [0.25, 0.3) is 10.0 Å². The molecular weight excluding hydrogens is 214 g/mol. The van der Waals surface area contributed by atoms with E-state index in [1.807, 2.05) is 6.07 Å². The Morgan fingerprint density at radius 2 is 2.00 bits per heavy atom. The van der Waals surface area contributed by atoms with Crippen LogP contribution in [0.1, 0.15) is 12.5 Å². The molecule has 0 heterocycles. The van der Waals surface area contributed by atoms with Crippen LogP contribution in [-0.2, 0) is 10.0 Å². The third-order valence-corrected chi connectivity index (χ3v) is 3.04. The molecule has 1 aromatic rings. The highest BCUT2D eigenvalue weighted by molar-refractivity contribution is 7.93. The lowest BCUT2D eigenvalue weighted by Crippen LogP contribution is -2.24. The van der Waals surface area contributed by atoms with Crippen LogP contribution in [0.5, 0.6) is 0 Å². The summed E-state index contributed by atoms with van der Waals surface area (Å²) in [6, 6.07) is 8.75. The Balaban J connectivity index is 2.95. The smallest absolute Gasteiger partial charge is 0.273 e. The first-order valence-electron chi connectivity index (χ1n) is 4.51. The van der Waals surface area contributed by atoms with Crippen LogP contribution in [0.4, 0.5) is 0 Å². The fraction of sp³-hybridized carbons (Fsp3) is 0.200. The predicted octanol–water partition coefficient (Wildman–Crippen LogP) is 1.48. The summed E-state index contributed by atoms with van der Waals surface area (Å²) in [5.74, 6) is 0. The van der Waals surface area contributed by atoms with Crippen molar-refractivity contribution < 1.29 is 13.5 Å². The third-order valence-electron chi connectivity index (χ3n) is 1.70. The molecule has 0 aliphatic rings. The fourth-order valence-electron chi connectivity index (χ4n) is 1.03. The van der Waals surface area contributed by atoms with Crippen LogP contribution in [0.2, 0.25) is 0 Å². The standard InChI is InChI=1S/C10H13NO3S/c1-2-11-15(13,14)10(12)8-9-6-4-3-5-7-9/h3-8,11-12H,2H2,1H3. The lowest BCUT2D eigenvalue weighted by molar-refractivity contribution is 0.440. The number of hydrogen-bond acceptors (Lipinski definition) is 3. The van der Waals surface area contributed by atoms with Crippen LogP contribution in [0.25, 0.3) is 6.08 Å². The van der Waals surface area contributed by atoms with E-state index in [2.05, 4.69) is 4.72 Å². The third kappa shape index (κ3) is 3.38. The Hall–Kier alpha value is -1.33. The van der Waals surface area contributed by atoms with Crippen molar-refractivity contribution >= 4 is 16.1 Å². The SMILES string of the molecule is CCNS(=O)(=O)C(O)=Cc1ccccc1. The molecule has 15 heavy (non-hydrogen) atoms. The van der Waals surface area contributed by atoms with Gasteiger partial charge in [0, 0.05) is 12.6 Å². The second-order valence-corrected chi connectivity index (χ2v) is 4.61. The van der Waals surface area contributed by atoms with Gasteiger partial charge in [0.05, 0.1) is 0 Å². The van der Waals surface area contributed by atoms with E-state index in [1.54, 1.807) is 31.2 Å². The second kappa shape index (κ2) is 4.95. The number of sulfonamides is 1. The number of hydrogen-bond donors (Lipinski definition) is 2. The minimum atomic E-state index is -3.74. The van der Waals surface area contributed by atoms with E-state index in [0.717, 1.165) is 0 Å². The van der Waals surface area contributed by atoms with Crippen molar-refractivity contribution in [3.8, 4) is 0 Å². The molecule has 2 N–H and O–H groups in total. The maximum atomic E-state index is 11.3. The first-order chi connectivity index (χ1) is 7.06. The molecule has 1 aromatic carbocycles. The molecule has 0 radical (unpaired) electrons. The number of benzene rings is 1. The molecule has 0 saturated heterocycles. The van der Waals surface area contributed by atoms with E-state index in [0.29, 0.717) is 5.56 Å². The topological polar surface area (TPSA) is 66.4 Å². The van der Waals surface area contributed by atoms with Crippen molar-refractivity contribution in [2.45, 2.75) is 6.92 Å². The van der Waals surface area contributed by atoms with Crippen molar-refractivity contribution in [2.24, 2.45) is 0 Å². The maximum absolute atomic E-state index is 11.3. The number of aliphatic hydroxyl groups is 1. The molecular formula is C10H13NO3S. The molecule has 0 amide bonds. The summed E-state index contributed by atoms with van der Waals surface area (Å²) in [4.78, 5) is 0. The zero-order valence-electron chi connectivity index (χ0n) is 8.34. The lowest BCUT2D eigenvalue weighted by atomic mass is 10.2. The van der Waals surface area contributed by atoms with Crippen LogP contribution in [0.15, 0.2) is 35.4 Å². The van der Waals surface area contributed by atoms with Crippen LogP contribution in [0, 0.1) is 0 Å². The first kappa shape index (κ1) is 11.7. The molecule has 4 nitrogen and oxygen atoms in total. The summed E-state index contributed by atoms with van der Waals surface area (Å²) < 4.78 is 24.8. The molecule has 0 unspecified atom stereocenters. The Kier molecular flexibility index (Phi) is 3.88. The van der Waals surface area contributed by atoms with E-state index >= 15 is 0 Å². The number of aliphatic hydroxyl groups excluding tert-OH is 1. The second-order valence-electron chi connectivity index (χ2n) is 2.89. The molecule has 0 atom stereocenters.